The molecule has 4 rings (SSSR count). The Hall–Kier alpha value is -2.38. The first kappa shape index (κ1) is 21.8. The molecule has 0 spiro atoms. The van der Waals surface area contributed by atoms with Gasteiger partial charge in [-0.15, -0.1) is 0 Å². The molecule has 2 unspecified atom stereocenters. The summed E-state index contributed by atoms with van der Waals surface area (Å²) in [4.78, 5) is 29.8. The number of rotatable bonds is 7. The van der Waals surface area contributed by atoms with E-state index in [0.717, 1.165) is 31.5 Å². The summed E-state index contributed by atoms with van der Waals surface area (Å²) < 4.78 is 0. The summed E-state index contributed by atoms with van der Waals surface area (Å²) in [6.07, 6.45) is 6.50. The molecule has 0 bridgehead atoms. The lowest BCUT2D eigenvalue weighted by Gasteiger charge is -2.42. The molecule has 7 nitrogen and oxygen atoms in total. The highest BCUT2D eigenvalue weighted by molar-refractivity contribution is 5.96. The molecule has 3 aliphatic rings. The maximum Gasteiger partial charge on any atom is 0.271 e. The summed E-state index contributed by atoms with van der Waals surface area (Å²) in [6, 6.07) is 8.60. The van der Waals surface area contributed by atoms with Crippen LogP contribution in [0, 0.1) is 6.92 Å². The van der Waals surface area contributed by atoms with E-state index in [2.05, 4.69) is 53.9 Å². The number of fused-ring (bicyclic) bond motifs is 1. The topological polar surface area (TPSA) is 67.9 Å². The Morgan fingerprint density at radius 1 is 1.13 bits per heavy atom. The highest BCUT2D eigenvalue weighted by atomic mass is 16.2. The van der Waals surface area contributed by atoms with Gasteiger partial charge in [0.15, 0.2) is 0 Å². The van der Waals surface area contributed by atoms with Gasteiger partial charge in [-0.05, 0) is 25.0 Å². The Bertz CT molecular complexity index is 816. The number of hydrazine groups is 1. The number of amides is 2. The van der Waals surface area contributed by atoms with Crippen LogP contribution in [0.4, 0.5) is 0 Å². The van der Waals surface area contributed by atoms with Gasteiger partial charge in [0, 0.05) is 32.7 Å². The van der Waals surface area contributed by atoms with Crippen molar-refractivity contribution >= 4 is 11.8 Å². The minimum atomic E-state index is -0.0441. The number of benzene rings is 1. The quantitative estimate of drug-likeness (QED) is 0.654. The zero-order valence-electron chi connectivity index (χ0n) is 18.8. The van der Waals surface area contributed by atoms with Crippen molar-refractivity contribution in [3.05, 3.63) is 47.2 Å². The van der Waals surface area contributed by atoms with E-state index in [0.29, 0.717) is 25.3 Å². The first-order chi connectivity index (χ1) is 15.1. The molecule has 3 heterocycles. The fourth-order valence-corrected chi connectivity index (χ4v) is 4.66. The third-order valence-corrected chi connectivity index (χ3v) is 6.54. The number of unbranched alkanes of at least 4 members (excludes halogenated alkanes) is 2. The molecule has 2 fully saturated rings. The molecule has 2 amide bonds. The van der Waals surface area contributed by atoms with E-state index in [4.69, 9.17) is 0 Å². The van der Waals surface area contributed by atoms with Crippen LogP contribution in [-0.4, -0.2) is 71.9 Å². The van der Waals surface area contributed by atoms with E-state index in [1.165, 1.54) is 18.4 Å². The SMILES string of the molecule is CCCCCC1CN(CC(=O)N2CCNCC2)C(=O)C2=CC(c3ccc(C)cc3)NN21. The van der Waals surface area contributed by atoms with Crippen LogP contribution in [-0.2, 0) is 9.59 Å². The van der Waals surface area contributed by atoms with Gasteiger partial charge < -0.3 is 15.1 Å². The smallest absolute Gasteiger partial charge is 0.271 e. The molecule has 0 radical (unpaired) electrons. The molecule has 0 aromatic heterocycles. The summed E-state index contributed by atoms with van der Waals surface area (Å²) in [6.45, 7) is 8.11. The number of carbonyl (C=O) groups is 2. The first-order valence-corrected chi connectivity index (χ1v) is 11.7. The van der Waals surface area contributed by atoms with Crippen LogP contribution in [0.1, 0.15) is 49.8 Å². The van der Waals surface area contributed by atoms with E-state index < -0.39 is 0 Å². The third kappa shape index (κ3) is 4.93. The predicted octanol–water partition coefficient (Wildman–Crippen LogP) is 1.96. The average molecular weight is 426 g/mol. The molecule has 31 heavy (non-hydrogen) atoms. The van der Waals surface area contributed by atoms with E-state index in [9.17, 15) is 9.59 Å². The third-order valence-electron chi connectivity index (χ3n) is 6.54. The molecule has 7 heteroatoms. The van der Waals surface area contributed by atoms with Crippen LogP contribution in [0.3, 0.4) is 0 Å². The largest absolute Gasteiger partial charge is 0.339 e. The zero-order chi connectivity index (χ0) is 21.8. The molecule has 1 aromatic rings. The Kier molecular flexibility index (Phi) is 6.92. The minimum Gasteiger partial charge on any atom is -0.339 e. The van der Waals surface area contributed by atoms with E-state index in [1.54, 1.807) is 4.90 Å². The lowest BCUT2D eigenvalue weighted by molar-refractivity contribution is -0.143. The Balaban J connectivity index is 1.51. The number of hydrogen-bond donors (Lipinski definition) is 2. The molecular formula is C24H35N5O2. The number of nitrogens with zero attached hydrogens (tertiary/aromatic N) is 3. The summed E-state index contributed by atoms with van der Waals surface area (Å²) in [5.74, 6) is 0.00888. The Morgan fingerprint density at radius 3 is 2.58 bits per heavy atom. The molecule has 0 aliphatic carbocycles. The van der Waals surface area contributed by atoms with Gasteiger partial charge >= 0.3 is 0 Å². The summed E-state index contributed by atoms with van der Waals surface area (Å²) >= 11 is 0. The number of aryl methyl sites for hydroxylation is 1. The lowest BCUT2D eigenvalue weighted by atomic mass is 10.0. The van der Waals surface area contributed by atoms with E-state index >= 15 is 0 Å². The standard InChI is InChI=1S/C24H35N5O2/c1-3-4-5-6-20-16-28(17-23(30)27-13-11-25-12-14-27)24(31)22-15-21(26-29(20)22)19-9-7-18(2)8-10-19/h7-10,15,20-21,25-26H,3-6,11-14,16-17H2,1-2H3. The van der Waals surface area contributed by atoms with Gasteiger partial charge in [0.1, 0.15) is 12.2 Å². The fourth-order valence-electron chi connectivity index (χ4n) is 4.66. The van der Waals surface area contributed by atoms with Crippen LogP contribution >= 0.6 is 0 Å². The van der Waals surface area contributed by atoms with Crippen molar-refractivity contribution in [2.45, 2.75) is 51.6 Å². The molecule has 3 aliphatic heterocycles. The van der Waals surface area contributed by atoms with Gasteiger partial charge in [-0.1, -0.05) is 56.0 Å². The second kappa shape index (κ2) is 9.83. The van der Waals surface area contributed by atoms with Crippen LogP contribution in [0.5, 0.6) is 0 Å². The van der Waals surface area contributed by atoms with Gasteiger partial charge in [0.2, 0.25) is 5.91 Å². The predicted molar refractivity (Wildman–Crippen MR) is 121 cm³/mol. The molecule has 1 aromatic carbocycles. The number of carbonyl (C=O) groups excluding carboxylic acids is 2. The molecule has 2 saturated heterocycles. The molecule has 2 N–H and O–H groups in total. The second-order valence-electron chi connectivity index (χ2n) is 8.91. The van der Waals surface area contributed by atoms with Crippen LogP contribution in [0.2, 0.25) is 0 Å². The zero-order valence-corrected chi connectivity index (χ0v) is 18.8. The van der Waals surface area contributed by atoms with Crippen molar-refractivity contribution in [3.8, 4) is 0 Å². The molecular weight excluding hydrogens is 390 g/mol. The van der Waals surface area contributed by atoms with Crippen LogP contribution < -0.4 is 10.7 Å². The van der Waals surface area contributed by atoms with Crippen molar-refractivity contribution in [2.75, 3.05) is 39.3 Å². The maximum absolute atomic E-state index is 13.3. The highest BCUT2D eigenvalue weighted by Gasteiger charge is 2.41. The summed E-state index contributed by atoms with van der Waals surface area (Å²) in [5.41, 5.74) is 6.62. The van der Waals surface area contributed by atoms with Crippen molar-refractivity contribution in [1.82, 2.24) is 25.6 Å². The second-order valence-corrected chi connectivity index (χ2v) is 8.91. The molecule has 2 atom stereocenters. The van der Waals surface area contributed by atoms with Crippen LogP contribution in [0.15, 0.2) is 36.0 Å². The Morgan fingerprint density at radius 2 is 1.87 bits per heavy atom. The van der Waals surface area contributed by atoms with Gasteiger partial charge in [-0.2, -0.15) is 0 Å². The monoisotopic (exact) mass is 425 g/mol. The maximum atomic E-state index is 13.3. The average Bonchev–Trinajstić information content (AvgIpc) is 3.24. The van der Waals surface area contributed by atoms with Crippen LogP contribution in [0.25, 0.3) is 0 Å². The number of nitrogens with one attached hydrogen (secondary N) is 2. The van der Waals surface area contributed by atoms with Crippen molar-refractivity contribution in [3.63, 3.8) is 0 Å². The summed E-state index contributed by atoms with van der Waals surface area (Å²) in [7, 11) is 0. The fraction of sp³-hybridized carbons (Fsp3) is 0.583. The minimum absolute atomic E-state index is 0.0166. The van der Waals surface area contributed by atoms with Gasteiger partial charge in [0.25, 0.3) is 5.91 Å². The normalized spacial score (nSPS) is 23.7. The van der Waals surface area contributed by atoms with Gasteiger partial charge in [-0.25, -0.2) is 5.43 Å². The summed E-state index contributed by atoms with van der Waals surface area (Å²) in [5, 5.41) is 5.35. The Labute approximate surface area is 185 Å². The van der Waals surface area contributed by atoms with Gasteiger partial charge in [0.05, 0.1) is 12.1 Å². The van der Waals surface area contributed by atoms with Crippen molar-refractivity contribution < 1.29 is 9.59 Å². The highest BCUT2D eigenvalue weighted by Crippen LogP contribution is 2.32. The van der Waals surface area contributed by atoms with Crippen molar-refractivity contribution in [1.29, 1.82) is 0 Å². The van der Waals surface area contributed by atoms with Crippen molar-refractivity contribution in [2.24, 2.45) is 0 Å². The van der Waals surface area contributed by atoms with E-state index in [1.807, 2.05) is 11.0 Å². The number of piperazine rings is 2. The molecule has 168 valence electrons. The first-order valence-electron chi connectivity index (χ1n) is 11.7. The van der Waals surface area contributed by atoms with Gasteiger partial charge in [-0.3, -0.25) is 14.6 Å². The van der Waals surface area contributed by atoms with E-state index in [-0.39, 0.29) is 30.4 Å². The molecule has 0 saturated carbocycles. The number of hydrogen-bond acceptors (Lipinski definition) is 5. The lowest BCUT2D eigenvalue weighted by Crippen LogP contribution is -2.59.